The van der Waals surface area contributed by atoms with E-state index < -0.39 is 17.4 Å². The number of aryl methyl sites for hydroxylation is 1. The van der Waals surface area contributed by atoms with Gasteiger partial charge in [0, 0.05) is 19.5 Å². The topological polar surface area (TPSA) is 87.2 Å². The van der Waals surface area contributed by atoms with Gasteiger partial charge in [0.1, 0.15) is 11.3 Å². The molecule has 1 aromatic carbocycles. The minimum Gasteiger partial charge on any atom is -0.495 e. The number of hydrogen-bond donors (Lipinski definition) is 1. The fourth-order valence-corrected chi connectivity index (χ4v) is 3.88. The molecule has 26 heavy (non-hydrogen) atoms. The Balaban J connectivity index is 1.83. The van der Waals surface area contributed by atoms with Gasteiger partial charge >= 0.3 is 5.97 Å². The molecule has 3 rings (SSSR count). The molecule has 0 bridgehead atoms. The maximum absolute atomic E-state index is 13.0. The average Bonchev–Trinajstić information content (AvgIpc) is 3.18. The number of methoxy groups -OCH3 is 1. The molecule has 2 unspecified atom stereocenters. The number of carboxylic acids is 1. The van der Waals surface area contributed by atoms with Crippen LogP contribution < -0.4 is 9.64 Å². The Bertz CT molecular complexity index is 762. The quantitative estimate of drug-likeness (QED) is 0.885. The standard InChI is InChI=1S/C19H24N2O5/c1-12-5-6-15(26-3)14(9-12)20-11-13(10-16(20)22)17(23)21-8-4-7-19(21,2)18(24)25/h5-6,9,13H,4,7-8,10-11H2,1-3H3,(H,24,25). The summed E-state index contributed by atoms with van der Waals surface area (Å²) in [6.07, 6.45) is 1.18. The first kappa shape index (κ1) is 18.2. The molecular formula is C19H24N2O5. The molecule has 2 amide bonds. The van der Waals surface area contributed by atoms with Gasteiger partial charge < -0.3 is 19.6 Å². The van der Waals surface area contributed by atoms with Crippen LogP contribution in [0.2, 0.25) is 0 Å². The summed E-state index contributed by atoms with van der Waals surface area (Å²) in [6, 6.07) is 5.56. The number of amides is 2. The van der Waals surface area contributed by atoms with Crippen LogP contribution in [0.4, 0.5) is 5.69 Å². The summed E-state index contributed by atoms with van der Waals surface area (Å²) < 4.78 is 5.35. The minimum absolute atomic E-state index is 0.0854. The summed E-state index contributed by atoms with van der Waals surface area (Å²) in [5.41, 5.74) is 0.450. The summed E-state index contributed by atoms with van der Waals surface area (Å²) in [5.74, 6) is -1.36. The molecule has 2 saturated heterocycles. The number of likely N-dealkylation sites (tertiary alicyclic amines) is 1. The van der Waals surface area contributed by atoms with Crippen LogP contribution in [0.25, 0.3) is 0 Å². The van der Waals surface area contributed by atoms with Gasteiger partial charge in [-0.2, -0.15) is 0 Å². The van der Waals surface area contributed by atoms with E-state index in [1.165, 1.54) is 4.90 Å². The van der Waals surface area contributed by atoms with Gasteiger partial charge in [0.25, 0.3) is 0 Å². The number of anilines is 1. The fourth-order valence-electron chi connectivity index (χ4n) is 3.88. The second-order valence-corrected chi connectivity index (χ2v) is 7.25. The van der Waals surface area contributed by atoms with Gasteiger partial charge in [-0.15, -0.1) is 0 Å². The number of carbonyl (C=O) groups excluding carboxylic acids is 2. The molecule has 0 saturated carbocycles. The Hall–Kier alpha value is -2.57. The molecule has 0 aromatic heterocycles. The lowest BCUT2D eigenvalue weighted by molar-refractivity contribution is -0.156. The highest BCUT2D eigenvalue weighted by molar-refractivity contribution is 6.02. The molecule has 140 valence electrons. The van der Waals surface area contributed by atoms with Crippen molar-refractivity contribution in [1.82, 2.24) is 4.90 Å². The van der Waals surface area contributed by atoms with Crippen LogP contribution >= 0.6 is 0 Å². The number of rotatable bonds is 4. The zero-order valence-corrected chi connectivity index (χ0v) is 15.3. The Morgan fingerprint density at radius 1 is 1.35 bits per heavy atom. The molecule has 2 fully saturated rings. The first-order valence-electron chi connectivity index (χ1n) is 8.78. The third kappa shape index (κ3) is 2.91. The number of benzene rings is 1. The van der Waals surface area contributed by atoms with Crippen LogP contribution in [-0.4, -0.2) is 53.5 Å². The monoisotopic (exact) mass is 360 g/mol. The summed E-state index contributed by atoms with van der Waals surface area (Å²) in [4.78, 5) is 40.2. The maximum Gasteiger partial charge on any atom is 0.329 e. The molecule has 2 atom stereocenters. The number of aliphatic carboxylic acids is 1. The molecule has 2 heterocycles. The number of carboxylic acid groups (broad SMARTS) is 1. The average molecular weight is 360 g/mol. The van der Waals surface area contributed by atoms with Gasteiger partial charge in [0.2, 0.25) is 11.8 Å². The van der Waals surface area contributed by atoms with Gasteiger partial charge in [-0.3, -0.25) is 9.59 Å². The lowest BCUT2D eigenvalue weighted by Gasteiger charge is -2.33. The van der Waals surface area contributed by atoms with E-state index in [0.717, 1.165) is 5.56 Å². The van der Waals surface area contributed by atoms with Gasteiger partial charge in [-0.1, -0.05) is 6.07 Å². The molecule has 0 spiro atoms. The summed E-state index contributed by atoms with van der Waals surface area (Å²) in [5, 5.41) is 9.53. The van der Waals surface area contributed by atoms with E-state index in [0.29, 0.717) is 30.8 Å². The van der Waals surface area contributed by atoms with E-state index in [2.05, 4.69) is 0 Å². The third-order valence-electron chi connectivity index (χ3n) is 5.47. The van der Waals surface area contributed by atoms with E-state index in [1.807, 2.05) is 19.1 Å². The second kappa shape index (κ2) is 6.63. The van der Waals surface area contributed by atoms with Crippen molar-refractivity contribution in [3.8, 4) is 5.75 Å². The normalized spacial score (nSPS) is 25.7. The molecule has 1 N–H and O–H groups in total. The van der Waals surface area contributed by atoms with Crippen molar-refractivity contribution in [3.05, 3.63) is 23.8 Å². The SMILES string of the molecule is COc1ccc(C)cc1N1CC(C(=O)N2CCCC2(C)C(=O)O)CC1=O. The van der Waals surface area contributed by atoms with Gasteiger partial charge in [0.15, 0.2) is 0 Å². The van der Waals surface area contributed by atoms with Gasteiger partial charge in [-0.05, 0) is 44.4 Å². The summed E-state index contributed by atoms with van der Waals surface area (Å²) >= 11 is 0. The predicted molar refractivity (Wildman–Crippen MR) is 95.2 cm³/mol. The number of carbonyl (C=O) groups is 3. The molecule has 2 aliphatic heterocycles. The van der Waals surface area contributed by atoms with E-state index in [-0.39, 0.29) is 24.8 Å². The number of ether oxygens (including phenoxy) is 1. The Kier molecular flexibility index (Phi) is 4.64. The third-order valence-corrected chi connectivity index (χ3v) is 5.47. The highest BCUT2D eigenvalue weighted by Gasteiger charge is 2.49. The Morgan fingerprint density at radius 2 is 2.08 bits per heavy atom. The van der Waals surface area contributed by atoms with Crippen molar-refractivity contribution in [1.29, 1.82) is 0 Å². The molecule has 0 aliphatic carbocycles. The van der Waals surface area contributed by atoms with E-state index >= 15 is 0 Å². The smallest absolute Gasteiger partial charge is 0.329 e. The van der Waals surface area contributed by atoms with Gasteiger partial charge in [0.05, 0.1) is 18.7 Å². The molecular weight excluding hydrogens is 336 g/mol. The summed E-state index contributed by atoms with van der Waals surface area (Å²) in [7, 11) is 1.54. The minimum atomic E-state index is -1.19. The molecule has 7 nitrogen and oxygen atoms in total. The largest absolute Gasteiger partial charge is 0.495 e. The van der Waals surface area contributed by atoms with E-state index in [1.54, 1.807) is 25.0 Å². The van der Waals surface area contributed by atoms with E-state index in [9.17, 15) is 19.5 Å². The Labute approximate surface area is 152 Å². The number of hydrogen-bond acceptors (Lipinski definition) is 4. The molecule has 2 aliphatic rings. The Morgan fingerprint density at radius 3 is 2.73 bits per heavy atom. The van der Waals surface area contributed by atoms with Crippen LogP contribution in [0, 0.1) is 12.8 Å². The van der Waals surface area contributed by atoms with Gasteiger partial charge in [-0.25, -0.2) is 4.79 Å². The lowest BCUT2D eigenvalue weighted by atomic mass is 9.97. The highest BCUT2D eigenvalue weighted by Crippen LogP contribution is 2.37. The van der Waals surface area contributed by atoms with Crippen LogP contribution in [0.1, 0.15) is 31.7 Å². The van der Waals surface area contributed by atoms with Crippen LogP contribution in [0.5, 0.6) is 5.75 Å². The molecule has 0 radical (unpaired) electrons. The maximum atomic E-state index is 13.0. The predicted octanol–water partition coefficient (Wildman–Crippen LogP) is 1.82. The van der Waals surface area contributed by atoms with Crippen molar-refractivity contribution >= 4 is 23.5 Å². The van der Waals surface area contributed by atoms with Crippen molar-refractivity contribution in [2.75, 3.05) is 25.1 Å². The van der Waals surface area contributed by atoms with Crippen LogP contribution in [0.3, 0.4) is 0 Å². The van der Waals surface area contributed by atoms with Crippen LogP contribution in [0.15, 0.2) is 18.2 Å². The van der Waals surface area contributed by atoms with Crippen molar-refractivity contribution in [2.45, 2.75) is 38.6 Å². The summed E-state index contributed by atoms with van der Waals surface area (Å²) in [6.45, 7) is 4.16. The zero-order valence-electron chi connectivity index (χ0n) is 15.3. The lowest BCUT2D eigenvalue weighted by Crippen LogP contribution is -2.52. The first-order chi connectivity index (χ1) is 12.3. The van der Waals surface area contributed by atoms with Crippen molar-refractivity contribution in [2.24, 2.45) is 5.92 Å². The first-order valence-corrected chi connectivity index (χ1v) is 8.78. The van der Waals surface area contributed by atoms with Crippen LogP contribution in [-0.2, 0) is 14.4 Å². The van der Waals surface area contributed by atoms with E-state index in [4.69, 9.17) is 4.74 Å². The molecule has 7 heteroatoms. The second-order valence-electron chi connectivity index (χ2n) is 7.25. The van der Waals surface area contributed by atoms with Crippen molar-refractivity contribution < 1.29 is 24.2 Å². The van der Waals surface area contributed by atoms with Crippen molar-refractivity contribution in [3.63, 3.8) is 0 Å². The zero-order chi connectivity index (χ0) is 19.1. The highest BCUT2D eigenvalue weighted by atomic mass is 16.5. The number of nitrogens with zero attached hydrogens (tertiary/aromatic N) is 2. The fraction of sp³-hybridized carbons (Fsp3) is 0.526. The molecule has 1 aromatic rings.